The largest absolute Gasteiger partial charge is 0.126 e. The molecule has 0 fully saturated rings. The van der Waals surface area contributed by atoms with Gasteiger partial charge in [0.2, 0.25) is 0 Å². The van der Waals surface area contributed by atoms with Crippen LogP contribution in [0, 0.1) is 0 Å². The fraction of sp³-hybridized carbons (Fsp3) is 0.440. The summed E-state index contributed by atoms with van der Waals surface area (Å²) in [5.74, 6) is 1.12. The summed E-state index contributed by atoms with van der Waals surface area (Å²) < 4.78 is 0. The van der Waals surface area contributed by atoms with Crippen LogP contribution in [0.5, 0.6) is 0 Å². The smallest absolute Gasteiger partial charge is 0.00752 e. The van der Waals surface area contributed by atoms with Crippen molar-refractivity contribution in [2.24, 2.45) is 0 Å². The van der Waals surface area contributed by atoms with E-state index in [1.807, 2.05) is 11.8 Å². The molecule has 1 aliphatic rings. The molecular formula is C25H32S. The molecule has 0 nitrogen and oxygen atoms in total. The Labute approximate surface area is 164 Å². The lowest BCUT2D eigenvalue weighted by atomic mass is 9.63. The van der Waals surface area contributed by atoms with E-state index in [2.05, 4.69) is 83.7 Å². The number of benzene rings is 2. The van der Waals surface area contributed by atoms with E-state index < -0.39 is 0 Å². The predicted octanol–water partition coefficient (Wildman–Crippen LogP) is 7.40. The van der Waals surface area contributed by atoms with Gasteiger partial charge in [0.1, 0.15) is 0 Å². The molecule has 1 aliphatic carbocycles. The van der Waals surface area contributed by atoms with Crippen molar-refractivity contribution in [1.29, 1.82) is 0 Å². The lowest BCUT2D eigenvalue weighted by molar-refractivity contribution is 0.331. The van der Waals surface area contributed by atoms with Crippen LogP contribution in [0.3, 0.4) is 0 Å². The lowest BCUT2D eigenvalue weighted by Gasteiger charge is -2.42. The second-order valence-corrected chi connectivity index (χ2v) is 10.2. The van der Waals surface area contributed by atoms with Gasteiger partial charge in [-0.1, -0.05) is 70.2 Å². The Kier molecular flexibility index (Phi) is 5.40. The van der Waals surface area contributed by atoms with Crippen LogP contribution < -0.4 is 0 Å². The average Bonchev–Trinajstić information content (AvgIpc) is 2.59. The van der Waals surface area contributed by atoms with Crippen LogP contribution in [0.4, 0.5) is 0 Å². The molecule has 0 bridgehead atoms. The second-order valence-electron chi connectivity index (χ2n) is 9.05. The van der Waals surface area contributed by atoms with Gasteiger partial charge in [0.25, 0.3) is 0 Å². The van der Waals surface area contributed by atoms with Crippen molar-refractivity contribution in [2.45, 2.75) is 69.6 Å². The first kappa shape index (κ1) is 19.3. The minimum Gasteiger partial charge on any atom is -0.126 e. The topological polar surface area (TPSA) is 0 Å². The minimum absolute atomic E-state index is 0.291. The van der Waals surface area contributed by atoms with Crippen LogP contribution in [-0.2, 0) is 17.3 Å². The molecule has 0 unspecified atom stereocenters. The van der Waals surface area contributed by atoms with Crippen molar-refractivity contribution in [2.75, 3.05) is 5.75 Å². The van der Waals surface area contributed by atoms with Crippen molar-refractivity contribution in [3.63, 3.8) is 0 Å². The van der Waals surface area contributed by atoms with Gasteiger partial charge in [-0.05, 0) is 71.4 Å². The van der Waals surface area contributed by atoms with Gasteiger partial charge < -0.3 is 0 Å². The van der Waals surface area contributed by atoms with Crippen molar-refractivity contribution >= 4 is 17.3 Å². The maximum Gasteiger partial charge on any atom is 0.00752 e. The van der Waals surface area contributed by atoms with Crippen LogP contribution in [0.1, 0.15) is 69.7 Å². The van der Waals surface area contributed by atoms with Crippen LogP contribution >= 0.6 is 11.8 Å². The van der Waals surface area contributed by atoms with Gasteiger partial charge in [-0.2, -0.15) is 0 Å². The Morgan fingerprint density at radius 2 is 1.54 bits per heavy atom. The average molecular weight is 365 g/mol. The van der Waals surface area contributed by atoms with Gasteiger partial charge in [-0.15, -0.1) is 11.8 Å². The van der Waals surface area contributed by atoms with Gasteiger partial charge in [0.05, 0.1) is 0 Å². The van der Waals surface area contributed by atoms with Gasteiger partial charge in [0.15, 0.2) is 0 Å². The first-order valence-corrected chi connectivity index (χ1v) is 10.7. The second kappa shape index (κ2) is 7.27. The molecule has 0 aromatic heterocycles. The minimum atomic E-state index is 0.291. The molecule has 0 spiro atoms. The van der Waals surface area contributed by atoms with Gasteiger partial charge in [-0.3, -0.25) is 0 Å². The van der Waals surface area contributed by atoms with E-state index in [-0.39, 0.29) is 0 Å². The normalized spacial score (nSPS) is 17.6. The molecule has 26 heavy (non-hydrogen) atoms. The highest BCUT2D eigenvalue weighted by atomic mass is 32.2. The number of hydrogen-bond donors (Lipinski definition) is 0. The number of aryl methyl sites for hydroxylation is 1. The van der Waals surface area contributed by atoms with Crippen molar-refractivity contribution in [3.05, 3.63) is 71.3 Å². The number of rotatable bonds is 5. The van der Waals surface area contributed by atoms with E-state index in [0.717, 1.165) is 17.7 Å². The summed E-state index contributed by atoms with van der Waals surface area (Å²) in [7, 11) is 0. The van der Waals surface area contributed by atoms with E-state index in [4.69, 9.17) is 0 Å². The highest BCUT2D eigenvalue weighted by molar-refractivity contribution is 7.99. The first-order chi connectivity index (χ1) is 12.2. The third kappa shape index (κ3) is 4.09. The van der Waals surface area contributed by atoms with E-state index in [0.29, 0.717) is 10.8 Å². The van der Waals surface area contributed by atoms with Crippen LogP contribution in [0.2, 0.25) is 0 Å². The quantitative estimate of drug-likeness (QED) is 0.498. The van der Waals surface area contributed by atoms with Crippen molar-refractivity contribution < 1.29 is 0 Å². The number of hydrogen-bond acceptors (Lipinski definition) is 1. The van der Waals surface area contributed by atoms with Crippen LogP contribution in [0.15, 0.2) is 53.9 Å². The Bertz CT molecular complexity index is 793. The zero-order chi connectivity index (χ0) is 18.9. The molecule has 0 saturated carbocycles. The Morgan fingerprint density at radius 3 is 2.15 bits per heavy atom. The number of fused-ring (bicyclic) bond motifs is 1. The maximum atomic E-state index is 4.01. The monoisotopic (exact) mass is 364 g/mol. The van der Waals surface area contributed by atoms with Gasteiger partial charge >= 0.3 is 0 Å². The molecule has 0 radical (unpaired) electrons. The van der Waals surface area contributed by atoms with E-state index >= 15 is 0 Å². The third-order valence-electron chi connectivity index (χ3n) is 5.93. The molecule has 0 aliphatic heterocycles. The van der Waals surface area contributed by atoms with Crippen LogP contribution in [0.25, 0.3) is 5.57 Å². The Balaban J connectivity index is 1.68. The van der Waals surface area contributed by atoms with Crippen LogP contribution in [-0.4, -0.2) is 5.75 Å². The first-order valence-electron chi connectivity index (χ1n) is 9.72. The van der Waals surface area contributed by atoms with E-state index in [9.17, 15) is 0 Å². The SMILES string of the molecule is C=C(C)c1ccc(CCSc2ccc3c(c2)C(C)(C)CCC3(C)C)cc1. The van der Waals surface area contributed by atoms with E-state index in [1.165, 1.54) is 28.9 Å². The summed E-state index contributed by atoms with van der Waals surface area (Å²) in [4.78, 5) is 1.41. The molecule has 2 aromatic carbocycles. The molecule has 0 N–H and O–H groups in total. The predicted molar refractivity (Wildman–Crippen MR) is 117 cm³/mol. The summed E-state index contributed by atoms with van der Waals surface area (Å²) >= 11 is 1.98. The Hall–Kier alpha value is -1.47. The number of thioether (sulfide) groups is 1. The zero-order valence-corrected chi connectivity index (χ0v) is 17.8. The molecule has 2 aromatic rings. The molecule has 0 saturated heterocycles. The summed E-state index contributed by atoms with van der Waals surface area (Å²) in [5.41, 5.74) is 7.48. The molecule has 1 heteroatoms. The fourth-order valence-corrected chi connectivity index (χ4v) is 4.84. The Morgan fingerprint density at radius 1 is 0.923 bits per heavy atom. The van der Waals surface area contributed by atoms with Gasteiger partial charge in [0, 0.05) is 10.6 Å². The molecule has 0 amide bonds. The molecule has 0 atom stereocenters. The third-order valence-corrected chi connectivity index (χ3v) is 6.93. The van der Waals surface area contributed by atoms with Crippen molar-refractivity contribution in [3.8, 4) is 0 Å². The molecular weight excluding hydrogens is 332 g/mol. The maximum absolute atomic E-state index is 4.01. The van der Waals surface area contributed by atoms with Crippen molar-refractivity contribution in [1.82, 2.24) is 0 Å². The molecule has 138 valence electrons. The summed E-state index contributed by atoms with van der Waals surface area (Å²) in [6.45, 7) is 15.7. The molecule has 0 heterocycles. The summed E-state index contributed by atoms with van der Waals surface area (Å²) in [5, 5.41) is 0. The lowest BCUT2D eigenvalue weighted by Crippen LogP contribution is -2.33. The summed E-state index contributed by atoms with van der Waals surface area (Å²) in [6.07, 6.45) is 3.66. The highest BCUT2D eigenvalue weighted by Crippen LogP contribution is 2.46. The fourth-order valence-electron chi connectivity index (χ4n) is 3.90. The molecule has 3 rings (SSSR count). The highest BCUT2D eigenvalue weighted by Gasteiger charge is 2.36. The number of allylic oxidation sites excluding steroid dienone is 1. The summed E-state index contributed by atoms with van der Waals surface area (Å²) in [6, 6.07) is 16.0. The standard InChI is InChI=1S/C25H32S/c1-18(2)20-9-7-19(8-10-20)13-16-26-21-11-12-22-23(17-21)25(5,6)15-14-24(22,3)4/h7-12,17H,1,13-16H2,2-6H3. The van der Waals surface area contributed by atoms with Gasteiger partial charge in [-0.25, -0.2) is 0 Å². The van der Waals surface area contributed by atoms with E-state index in [1.54, 1.807) is 11.1 Å². The zero-order valence-electron chi connectivity index (χ0n) is 17.0.